The Kier molecular flexibility index (Phi) is 5.65. The van der Waals surface area contributed by atoms with Crippen LogP contribution in [-0.4, -0.2) is 24.7 Å². The number of halogens is 1. The van der Waals surface area contributed by atoms with Gasteiger partial charge in [-0.2, -0.15) is 0 Å². The van der Waals surface area contributed by atoms with Crippen molar-refractivity contribution in [3.05, 3.63) is 58.6 Å². The minimum Gasteiger partial charge on any atom is -0.497 e. The van der Waals surface area contributed by atoms with Crippen LogP contribution >= 0.6 is 15.9 Å². The minimum absolute atomic E-state index is 0.0270. The molecule has 7 heteroatoms. The summed E-state index contributed by atoms with van der Waals surface area (Å²) in [5.41, 5.74) is 0.622. The summed E-state index contributed by atoms with van der Waals surface area (Å²) in [5, 5.41) is 7.37. The van der Waals surface area contributed by atoms with Crippen molar-refractivity contribution in [3.8, 4) is 5.75 Å². The Morgan fingerprint density at radius 1 is 1.00 bits per heavy atom. The molecule has 1 N–H and O–H groups in total. The average molecular weight is 499 g/mol. The number of hydrogen-bond acceptors (Lipinski definition) is 5. The highest BCUT2D eigenvalue weighted by atomic mass is 79.9. The Labute approximate surface area is 196 Å². The SMILES string of the molecule is COc1ccc(NC(=O)C23CCC(C)(/C(=N/OC(=O)c4ccc(Br)cc4)C2)C3(C)C)cc1. The fourth-order valence-corrected chi connectivity index (χ4v) is 5.45. The number of oxime groups is 1. The van der Waals surface area contributed by atoms with Gasteiger partial charge in [0.2, 0.25) is 5.91 Å². The zero-order chi connectivity index (χ0) is 23.1. The number of benzene rings is 2. The fourth-order valence-electron chi connectivity index (χ4n) is 5.18. The summed E-state index contributed by atoms with van der Waals surface area (Å²) < 4.78 is 6.08. The van der Waals surface area contributed by atoms with Gasteiger partial charge in [-0.15, -0.1) is 0 Å². The third-order valence-corrected chi connectivity index (χ3v) is 8.36. The molecule has 2 aromatic rings. The van der Waals surface area contributed by atoms with E-state index in [1.807, 2.05) is 24.3 Å². The van der Waals surface area contributed by atoms with Crippen LogP contribution in [0, 0.1) is 16.2 Å². The first-order chi connectivity index (χ1) is 15.1. The van der Waals surface area contributed by atoms with E-state index in [-0.39, 0.29) is 16.7 Å². The zero-order valence-electron chi connectivity index (χ0n) is 18.7. The van der Waals surface area contributed by atoms with Crippen molar-refractivity contribution < 1.29 is 19.2 Å². The highest BCUT2D eigenvalue weighted by Crippen LogP contribution is 2.71. The lowest BCUT2D eigenvalue weighted by molar-refractivity contribution is -0.130. The summed E-state index contributed by atoms with van der Waals surface area (Å²) in [6, 6.07) is 14.2. The van der Waals surface area contributed by atoms with Crippen molar-refractivity contribution in [1.82, 2.24) is 0 Å². The third kappa shape index (κ3) is 3.43. The van der Waals surface area contributed by atoms with Gasteiger partial charge in [0.15, 0.2) is 0 Å². The highest BCUT2D eigenvalue weighted by molar-refractivity contribution is 9.10. The minimum atomic E-state index is -0.621. The van der Waals surface area contributed by atoms with Crippen molar-refractivity contribution >= 4 is 39.2 Å². The van der Waals surface area contributed by atoms with Gasteiger partial charge in [-0.05, 0) is 66.8 Å². The predicted molar refractivity (Wildman–Crippen MR) is 127 cm³/mol. The molecule has 4 rings (SSSR count). The van der Waals surface area contributed by atoms with Crippen LogP contribution in [0.5, 0.6) is 5.75 Å². The first-order valence-corrected chi connectivity index (χ1v) is 11.4. The molecule has 2 fully saturated rings. The molecule has 168 valence electrons. The van der Waals surface area contributed by atoms with Gasteiger partial charge >= 0.3 is 5.97 Å². The number of nitrogens with zero attached hydrogens (tertiary/aromatic N) is 1. The molecule has 2 bridgehead atoms. The molecule has 2 aliphatic carbocycles. The maximum atomic E-state index is 13.5. The molecule has 2 aliphatic rings. The number of ether oxygens (including phenoxy) is 1. The maximum Gasteiger partial charge on any atom is 0.365 e. The Balaban J connectivity index is 1.56. The molecule has 0 heterocycles. The van der Waals surface area contributed by atoms with Gasteiger partial charge in [-0.25, -0.2) is 4.79 Å². The normalized spacial score (nSPS) is 26.7. The zero-order valence-corrected chi connectivity index (χ0v) is 20.3. The van der Waals surface area contributed by atoms with E-state index in [0.717, 1.165) is 34.5 Å². The summed E-state index contributed by atoms with van der Waals surface area (Å²) in [6.45, 7) is 6.36. The quantitative estimate of drug-likeness (QED) is 0.415. The number of rotatable bonds is 5. The summed E-state index contributed by atoms with van der Waals surface area (Å²) in [5.74, 6) is 0.199. The van der Waals surface area contributed by atoms with E-state index in [1.54, 1.807) is 31.4 Å². The standard InChI is InChI=1S/C25H27BrN2O4/c1-23(2)24(3)13-14-25(23,22(30)27-18-9-11-19(31-4)12-10-18)15-20(24)28-32-21(29)16-5-7-17(26)8-6-16/h5-12H,13-15H2,1-4H3,(H,27,30)/b28-20+. The number of hydrogen-bond donors (Lipinski definition) is 1. The molecule has 0 aromatic heterocycles. The van der Waals surface area contributed by atoms with E-state index in [0.29, 0.717) is 12.0 Å². The van der Waals surface area contributed by atoms with Gasteiger partial charge in [0.25, 0.3) is 0 Å². The number of nitrogens with one attached hydrogen (secondary N) is 1. The molecule has 0 aliphatic heterocycles. The van der Waals surface area contributed by atoms with Crippen LogP contribution < -0.4 is 10.1 Å². The molecule has 0 saturated heterocycles. The van der Waals surface area contributed by atoms with Gasteiger partial charge in [0.1, 0.15) is 5.75 Å². The third-order valence-electron chi connectivity index (χ3n) is 7.83. The smallest absolute Gasteiger partial charge is 0.365 e. The van der Waals surface area contributed by atoms with Crippen molar-refractivity contribution in [2.24, 2.45) is 21.4 Å². The maximum absolute atomic E-state index is 13.5. The van der Waals surface area contributed by atoms with Crippen LogP contribution in [0.3, 0.4) is 0 Å². The number of methoxy groups -OCH3 is 1. The molecule has 2 saturated carbocycles. The summed E-state index contributed by atoms with van der Waals surface area (Å²) in [4.78, 5) is 31.3. The van der Waals surface area contributed by atoms with E-state index in [9.17, 15) is 9.59 Å². The first kappa shape index (κ1) is 22.5. The lowest BCUT2D eigenvalue weighted by atomic mass is 9.64. The average Bonchev–Trinajstić information content (AvgIpc) is 3.09. The van der Waals surface area contributed by atoms with Crippen LogP contribution in [-0.2, 0) is 9.63 Å². The molecule has 0 radical (unpaired) electrons. The lowest BCUT2D eigenvalue weighted by Gasteiger charge is -2.39. The number of amides is 1. The Morgan fingerprint density at radius 3 is 2.28 bits per heavy atom. The largest absolute Gasteiger partial charge is 0.497 e. The van der Waals surface area contributed by atoms with Crippen LogP contribution in [0.4, 0.5) is 5.69 Å². The summed E-state index contributed by atoms with van der Waals surface area (Å²) in [7, 11) is 1.61. The number of anilines is 1. The van der Waals surface area contributed by atoms with Crippen molar-refractivity contribution in [3.63, 3.8) is 0 Å². The second kappa shape index (κ2) is 8.03. The molecule has 0 spiro atoms. The predicted octanol–water partition coefficient (Wildman–Crippen LogP) is 5.83. The molecular weight excluding hydrogens is 472 g/mol. The van der Waals surface area contributed by atoms with Crippen LogP contribution in [0.2, 0.25) is 0 Å². The van der Waals surface area contributed by atoms with Crippen molar-refractivity contribution in [2.45, 2.75) is 40.0 Å². The van der Waals surface area contributed by atoms with Crippen molar-refractivity contribution in [1.29, 1.82) is 0 Å². The van der Waals surface area contributed by atoms with Gasteiger partial charge in [-0.1, -0.05) is 41.9 Å². The van der Waals surface area contributed by atoms with Crippen LogP contribution in [0.1, 0.15) is 50.4 Å². The Hall–Kier alpha value is -2.67. The second-order valence-corrected chi connectivity index (χ2v) is 10.2. The van der Waals surface area contributed by atoms with Gasteiger partial charge in [-0.3, -0.25) is 4.79 Å². The van der Waals surface area contributed by atoms with Crippen LogP contribution in [0.15, 0.2) is 58.2 Å². The number of carbonyl (C=O) groups excluding carboxylic acids is 2. The van der Waals surface area contributed by atoms with Gasteiger partial charge < -0.3 is 14.9 Å². The number of carbonyl (C=O) groups is 2. The molecule has 32 heavy (non-hydrogen) atoms. The molecule has 2 aromatic carbocycles. The first-order valence-electron chi connectivity index (χ1n) is 10.6. The molecule has 6 nitrogen and oxygen atoms in total. The fraction of sp³-hybridized carbons (Fsp3) is 0.400. The Bertz CT molecular complexity index is 1080. The monoisotopic (exact) mass is 498 g/mol. The molecule has 2 atom stereocenters. The van der Waals surface area contributed by atoms with E-state index in [4.69, 9.17) is 9.57 Å². The molecule has 2 unspecified atom stereocenters. The van der Waals surface area contributed by atoms with Crippen LogP contribution in [0.25, 0.3) is 0 Å². The number of fused-ring (bicyclic) bond motifs is 2. The molecular formula is C25H27BrN2O4. The van der Waals surface area contributed by atoms with E-state index < -0.39 is 11.4 Å². The Morgan fingerprint density at radius 2 is 1.66 bits per heavy atom. The van der Waals surface area contributed by atoms with Gasteiger partial charge in [0, 0.05) is 22.0 Å². The van der Waals surface area contributed by atoms with Crippen molar-refractivity contribution in [2.75, 3.05) is 12.4 Å². The summed E-state index contributed by atoms with van der Waals surface area (Å²) >= 11 is 3.36. The van der Waals surface area contributed by atoms with E-state index in [1.165, 1.54) is 0 Å². The van der Waals surface area contributed by atoms with E-state index >= 15 is 0 Å². The molecule has 1 amide bonds. The topological polar surface area (TPSA) is 77.0 Å². The second-order valence-electron chi connectivity index (χ2n) is 9.32. The summed E-state index contributed by atoms with van der Waals surface area (Å²) in [6.07, 6.45) is 2.04. The van der Waals surface area contributed by atoms with Gasteiger partial charge in [0.05, 0.1) is 23.8 Å². The van der Waals surface area contributed by atoms with E-state index in [2.05, 4.69) is 47.2 Å². The lowest BCUT2D eigenvalue weighted by Crippen LogP contribution is -2.43. The highest BCUT2D eigenvalue weighted by Gasteiger charge is 2.71.